The number of amides is 2. The van der Waals surface area contributed by atoms with Crippen molar-refractivity contribution in [1.29, 1.82) is 0 Å². The molecule has 3 aromatic rings. The first-order valence-electron chi connectivity index (χ1n) is 8.60. The van der Waals surface area contributed by atoms with Gasteiger partial charge in [-0.15, -0.1) is 0 Å². The van der Waals surface area contributed by atoms with Crippen LogP contribution in [0.4, 0.5) is 23.2 Å². The molecule has 1 aromatic heterocycles. The molecule has 0 saturated carbocycles. The van der Waals surface area contributed by atoms with Crippen LogP contribution in [0.25, 0.3) is 0 Å². The van der Waals surface area contributed by atoms with Crippen LogP contribution in [0, 0.1) is 5.82 Å². The van der Waals surface area contributed by atoms with E-state index in [1.165, 1.54) is 18.2 Å². The highest BCUT2D eigenvalue weighted by molar-refractivity contribution is 6.30. The number of anilines is 1. The van der Waals surface area contributed by atoms with E-state index in [0.29, 0.717) is 6.07 Å². The summed E-state index contributed by atoms with van der Waals surface area (Å²) < 4.78 is 59.7. The molecule has 0 fully saturated rings. The molecule has 0 bridgehead atoms. The van der Waals surface area contributed by atoms with Crippen LogP contribution in [-0.4, -0.2) is 21.9 Å². The Bertz CT molecular complexity index is 1200. The van der Waals surface area contributed by atoms with Gasteiger partial charge in [-0.05, 0) is 36.4 Å². The first kappa shape index (κ1) is 22.8. The first-order valence-corrected chi connectivity index (χ1v) is 8.98. The predicted molar refractivity (Wildman–Crippen MR) is 105 cm³/mol. The molecule has 1 heterocycles. The number of nitrogens with zero attached hydrogens (tertiary/aromatic N) is 1. The van der Waals surface area contributed by atoms with Crippen LogP contribution in [0.1, 0.15) is 26.4 Å². The number of aromatic hydroxyl groups is 1. The van der Waals surface area contributed by atoms with Gasteiger partial charge in [0.25, 0.3) is 11.8 Å². The molecule has 0 aliphatic carbocycles. The van der Waals surface area contributed by atoms with E-state index in [1.54, 1.807) is 0 Å². The Morgan fingerprint density at radius 1 is 1.09 bits per heavy atom. The summed E-state index contributed by atoms with van der Waals surface area (Å²) in [6.07, 6.45) is -4.08. The van der Waals surface area contributed by atoms with Crippen LogP contribution in [0.5, 0.6) is 17.2 Å². The van der Waals surface area contributed by atoms with Gasteiger partial charge in [0.1, 0.15) is 17.0 Å². The molecular weight excluding hydrogens is 458 g/mol. The van der Waals surface area contributed by atoms with Crippen LogP contribution in [0.2, 0.25) is 5.02 Å². The Kier molecular flexibility index (Phi) is 6.21. The third-order valence-electron chi connectivity index (χ3n) is 4.05. The number of ether oxygens (including phenoxy) is 1. The van der Waals surface area contributed by atoms with Crippen molar-refractivity contribution in [3.05, 3.63) is 76.3 Å². The van der Waals surface area contributed by atoms with Gasteiger partial charge in [-0.25, -0.2) is 9.37 Å². The minimum atomic E-state index is -5.09. The van der Waals surface area contributed by atoms with Gasteiger partial charge >= 0.3 is 6.18 Å². The largest absolute Gasteiger partial charge is 0.504 e. The highest BCUT2D eigenvalue weighted by Gasteiger charge is 2.37. The summed E-state index contributed by atoms with van der Waals surface area (Å²) in [4.78, 5) is 27.4. The molecule has 2 amide bonds. The Balaban J connectivity index is 2.03. The fourth-order valence-electron chi connectivity index (χ4n) is 2.58. The number of carbonyl (C=O) groups is 2. The zero-order valence-corrected chi connectivity index (χ0v) is 16.5. The van der Waals surface area contributed by atoms with Gasteiger partial charge in [-0.3, -0.25) is 9.59 Å². The van der Waals surface area contributed by atoms with Crippen molar-refractivity contribution in [2.24, 2.45) is 5.73 Å². The molecular formula is C20H12ClF4N3O4. The van der Waals surface area contributed by atoms with E-state index in [2.05, 4.69) is 10.3 Å². The first-order chi connectivity index (χ1) is 15.0. The third kappa shape index (κ3) is 4.89. The van der Waals surface area contributed by atoms with Crippen molar-refractivity contribution in [3.8, 4) is 17.2 Å². The molecule has 166 valence electrons. The summed E-state index contributed by atoms with van der Waals surface area (Å²) in [5.41, 5.74) is 2.10. The molecule has 0 aliphatic rings. The summed E-state index contributed by atoms with van der Waals surface area (Å²) in [5, 5.41) is 12.2. The van der Waals surface area contributed by atoms with Crippen molar-refractivity contribution in [3.63, 3.8) is 0 Å². The number of nitrogens with two attached hydrogens (primary N) is 1. The van der Waals surface area contributed by atoms with Gasteiger partial charge in [0.05, 0.1) is 17.4 Å². The summed E-state index contributed by atoms with van der Waals surface area (Å²) in [7, 11) is 0. The SMILES string of the molecule is NC(=O)c1ccc(NC(=O)c2c(Oc3ccc(Cl)cc3O)ccc(C(F)(F)F)c2F)cn1. The number of alkyl halides is 3. The molecule has 3 rings (SSSR count). The minimum Gasteiger partial charge on any atom is -0.504 e. The number of phenolic OH excluding ortho intramolecular Hbond substituents is 1. The number of rotatable bonds is 5. The number of hydrogen-bond acceptors (Lipinski definition) is 5. The van der Waals surface area contributed by atoms with E-state index < -0.39 is 46.4 Å². The molecule has 0 spiro atoms. The number of halogens is 5. The highest BCUT2D eigenvalue weighted by Crippen LogP contribution is 2.39. The van der Waals surface area contributed by atoms with E-state index in [9.17, 15) is 32.3 Å². The fourth-order valence-corrected chi connectivity index (χ4v) is 2.74. The van der Waals surface area contributed by atoms with Gasteiger partial charge < -0.3 is 20.9 Å². The zero-order valence-electron chi connectivity index (χ0n) is 15.7. The van der Waals surface area contributed by atoms with Crippen molar-refractivity contribution in [2.75, 3.05) is 5.32 Å². The quantitative estimate of drug-likeness (QED) is 0.467. The van der Waals surface area contributed by atoms with Crippen LogP contribution in [0.3, 0.4) is 0 Å². The van der Waals surface area contributed by atoms with Crippen LogP contribution >= 0.6 is 11.6 Å². The standard InChI is InChI=1S/C20H12ClF4N3O4/c21-9-1-5-14(13(29)7-9)32-15-6-3-11(20(23,24)25)17(22)16(15)19(31)28-10-2-4-12(18(26)30)27-8-10/h1-8,29H,(H2,26,30)(H,28,31). The summed E-state index contributed by atoms with van der Waals surface area (Å²) in [6.45, 7) is 0. The van der Waals surface area contributed by atoms with Crippen LogP contribution < -0.4 is 15.8 Å². The Morgan fingerprint density at radius 3 is 2.34 bits per heavy atom. The fraction of sp³-hybridized carbons (Fsp3) is 0.0500. The maximum absolute atomic E-state index is 14.8. The number of primary amides is 1. The normalized spacial score (nSPS) is 11.2. The smallest absolute Gasteiger partial charge is 0.419 e. The lowest BCUT2D eigenvalue weighted by molar-refractivity contribution is -0.140. The number of benzene rings is 2. The number of aromatic nitrogens is 1. The Labute approximate surface area is 182 Å². The Hall–Kier alpha value is -3.86. The van der Waals surface area contributed by atoms with Crippen molar-refractivity contribution >= 4 is 29.1 Å². The van der Waals surface area contributed by atoms with E-state index in [4.69, 9.17) is 22.1 Å². The van der Waals surface area contributed by atoms with Gasteiger partial charge in [-0.1, -0.05) is 11.6 Å². The lowest BCUT2D eigenvalue weighted by Crippen LogP contribution is -2.19. The lowest BCUT2D eigenvalue weighted by atomic mass is 10.1. The van der Waals surface area contributed by atoms with Crippen LogP contribution in [-0.2, 0) is 6.18 Å². The zero-order chi connectivity index (χ0) is 23.6. The lowest BCUT2D eigenvalue weighted by Gasteiger charge is -2.16. The molecule has 12 heteroatoms. The molecule has 0 saturated heterocycles. The molecule has 7 nitrogen and oxygen atoms in total. The van der Waals surface area contributed by atoms with Crippen molar-refractivity contribution < 1.29 is 37.0 Å². The maximum atomic E-state index is 14.8. The van der Waals surface area contributed by atoms with Gasteiger partial charge in [-0.2, -0.15) is 13.2 Å². The number of nitrogens with one attached hydrogen (secondary N) is 1. The van der Waals surface area contributed by atoms with E-state index in [1.807, 2.05) is 0 Å². The molecule has 0 unspecified atom stereocenters. The number of pyridine rings is 1. The second-order valence-corrected chi connectivity index (χ2v) is 6.70. The van der Waals surface area contributed by atoms with E-state index >= 15 is 0 Å². The van der Waals surface area contributed by atoms with Gasteiger partial charge in [0.2, 0.25) is 0 Å². The molecule has 2 aromatic carbocycles. The average molecular weight is 470 g/mol. The molecule has 0 radical (unpaired) electrons. The van der Waals surface area contributed by atoms with Crippen LogP contribution in [0.15, 0.2) is 48.7 Å². The van der Waals surface area contributed by atoms with E-state index in [-0.39, 0.29) is 22.2 Å². The highest BCUT2D eigenvalue weighted by atomic mass is 35.5. The molecule has 4 N–H and O–H groups in total. The topological polar surface area (TPSA) is 115 Å². The van der Waals surface area contributed by atoms with E-state index in [0.717, 1.165) is 24.4 Å². The number of carbonyl (C=O) groups excluding carboxylic acids is 2. The second kappa shape index (κ2) is 8.71. The second-order valence-electron chi connectivity index (χ2n) is 6.26. The Morgan fingerprint density at radius 2 is 1.78 bits per heavy atom. The van der Waals surface area contributed by atoms with Gasteiger partial charge in [0.15, 0.2) is 17.3 Å². The summed E-state index contributed by atoms with van der Waals surface area (Å²) in [6, 6.07) is 7.07. The average Bonchev–Trinajstić information content (AvgIpc) is 2.69. The minimum absolute atomic E-state index is 0.0582. The number of hydrogen-bond donors (Lipinski definition) is 3. The molecule has 0 aliphatic heterocycles. The van der Waals surface area contributed by atoms with Crippen molar-refractivity contribution in [1.82, 2.24) is 4.98 Å². The summed E-state index contributed by atoms with van der Waals surface area (Å²) >= 11 is 5.72. The predicted octanol–water partition coefficient (Wildman–Crippen LogP) is 4.74. The molecule has 32 heavy (non-hydrogen) atoms. The maximum Gasteiger partial charge on any atom is 0.419 e. The van der Waals surface area contributed by atoms with Crippen molar-refractivity contribution in [2.45, 2.75) is 6.18 Å². The molecule has 0 atom stereocenters. The number of phenols is 1. The summed E-state index contributed by atoms with van der Waals surface area (Å²) in [5.74, 6) is -5.41. The third-order valence-corrected chi connectivity index (χ3v) is 4.29. The monoisotopic (exact) mass is 469 g/mol. The van der Waals surface area contributed by atoms with Gasteiger partial charge in [0, 0.05) is 11.1 Å².